The average Bonchev–Trinajstić information content (AvgIpc) is 2.11. The second-order valence-corrected chi connectivity index (χ2v) is 5.58. The van der Waals surface area contributed by atoms with Crippen LogP contribution in [0.1, 0.15) is 46.0 Å². The molecule has 0 amide bonds. The van der Waals surface area contributed by atoms with E-state index >= 15 is 0 Å². The lowest BCUT2D eigenvalue weighted by Gasteiger charge is -2.47. The van der Waals surface area contributed by atoms with E-state index in [9.17, 15) is 4.79 Å². The molecule has 0 radical (unpaired) electrons. The van der Waals surface area contributed by atoms with Gasteiger partial charge < -0.3 is 0 Å². The highest BCUT2D eigenvalue weighted by molar-refractivity contribution is 5.96. The molecule has 1 heteroatoms. The zero-order valence-electron chi connectivity index (χ0n) is 9.31. The number of hydrogen-bond acceptors (Lipinski definition) is 1. The first-order chi connectivity index (χ1) is 6.52. The van der Waals surface area contributed by atoms with Crippen LogP contribution in [0.15, 0.2) is 12.2 Å². The Morgan fingerprint density at radius 3 is 2.79 bits per heavy atom. The first kappa shape index (κ1) is 9.95. The van der Waals surface area contributed by atoms with E-state index in [4.69, 9.17) is 0 Å². The normalized spacial score (nSPS) is 36.7. The van der Waals surface area contributed by atoms with E-state index < -0.39 is 0 Å². The number of Topliss-reactive ketones (excluding diaryl/α,β-unsaturated/α-hetero) is 1. The minimum Gasteiger partial charge on any atom is -0.295 e. The molecule has 14 heavy (non-hydrogen) atoms. The number of hydrogen-bond donors (Lipinski definition) is 0. The summed E-state index contributed by atoms with van der Waals surface area (Å²) in [5.74, 6) is 1.53. The summed E-state index contributed by atoms with van der Waals surface area (Å²) in [5.41, 5.74) is 1.35. The molecule has 0 aliphatic heterocycles. The van der Waals surface area contributed by atoms with Crippen LogP contribution < -0.4 is 0 Å². The molecule has 2 aliphatic rings. The van der Waals surface area contributed by atoms with Gasteiger partial charge in [0.1, 0.15) is 0 Å². The molecule has 0 spiro atoms. The lowest BCUT2D eigenvalue weighted by atomic mass is 9.57. The van der Waals surface area contributed by atoms with Crippen LogP contribution in [0.5, 0.6) is 0 Å². The monoisotopic (exact) mass is 192 g/mol. The van der Waals surface area contributed by atoms with E-state index in [0.29, 0.717) is 23.0 Å². The first-order valence-corrected chi connectivity index (χ1v) is 5.74. The Labute approximate surface area is 86.6 Å². The van der Waals surface area contributed by atoms with Gasteiger partial charge in [-0.3, -0.25) is 4.79 Å². The lowest BCUT2D eigenvalue weighted by Crippen LogP contribution is -2.40. The van der Waals surface area contributed by atoms with E-state index in [2.05, 4.69) is 20.4 Å². The highest BCUT2D eigenvalue weighted by atomic mass is 16.1. The molecule has 0 N–H and O–H groups in total. The molecule has 2 rings (SSSR count). The number of carbonyl (C=O) groups excluding carboxylic acids is 1. The van der Waals surface area contributed by atoms with Gasteiger partial charge in [0.15, 0.2) is 5.78 Å². The van der Waals surface area contributed by atoms with Crippen molar-refractivity contribution in [2.45, 2.75) is 46.0 Å². The predicted molar refractivity (Wildman–Crippen MR) is 58.0 cm³/mol. The summed E-state index contributed by atoms with van der Waals surface area (Å²) in [7, 11) is 0. The summed E-state index contributed by atoms with van der Waals surface area (Å²) in [6.07, 6.45) is 5.60. The van der Waals surface area contributed by atoms with Gasteiger partial charge in [-0.25, -0.2) is 0 Å². The van der Waals surface area contributed by atoms with Gasteiger partial charge in [-0.05, 0) is 42.1 Å². The van der Waals surface area contributed by atoms with Crippen molar-refractivity contribution in [3.8, 4) is 0 Å². The van der Waals surface area contributed by atoms with Crippen LogP contribution in [0.2, 0.25) is 0 Å². The smallest absolute Gasteiger partial charge is 0.158 e. The van der Waals surface area contributed by atoms with Crippen molar-refractivity contribution in [3.05, 3.63) is 12.2 Å². The zero-order chi connectivity index (χ0) is 10.3. The predicted octanol–water partition coefficient (Wildman–Crippen LogP) is 3.35. The molecule has 78 valence electrons. The average molecular weight is 192 g/mol. The standard InChI is InChI=1S/C13H20O/c1-9-10-5-4-8-13(2,3)11(10)6-7-12(9)14/h10-11H,1,4-8H2,2-3H3. The fourth-order valence-electron chi connectivity index (χ4n) is 3.37. The molecule has 0 saturated heterocycles. The third kappa shape index (κ3) is 1.43. The van der Waals surface area contributed by atoms with E-state index in [-0.39, 0.29) is 0 Å². The number of carbonyl (C=O) groups is 1. The number of ketones is 1. The minimum absolute atomic E-state index is 0.323. The Balaban J connectivity index is 2.24. The molecule has 2 unspecified atom stereocenters. The van der Waals surface area contributed by atoms with Gasteiger partial charge in [-0.15, -0.1) is 0 Å². The van der Waals surface area contributed by atoms with Gasteiger partial charge in [0.25, 0.3) is 0 Å². The van der Waals surface area contributed by atoms with Gasteiger partial charge in [0, 0.05) is 6.42 Å². The number of fused-ring (bicyclic) bond motifs is 1. The largest absolute Gasteiger partial charge is 0.295 e. The molecule has 2 fully saturated rings. The van der Waals surface area contributed by atoms with Gasteiger partial charge >= 0.3 is 0 Å². The Morgan fingerprint density at radius 2 is 2.07 bits per heavy atom. The minimum atomic E-state index is 0.323. The molecular weight excluding hydrogens is 172 g/mol. The van der Waals surface area contributed by atoms with E-state index in [1.807, 2.05) is 0 Å². The maximum Gasteiger partial charge on any atom is 0.158 e. The summed E-state index contributed by atoms with van der Waals surface area (Å²) in [5, 5.41) is 0. The quantitative estimate of drug-likeness (QED) is 0.538. The first-order valence-electron chi connectivity index (χ1n) is 5.74. The summed E-state index contributed by atoms with van der Waals surface area (Å²) in [6, 6.07) is 0. The van der Waals surface area contributed by atoms with E-state index in [1.54, 1.807) is 0 Å². The third-order valence-corrected chi connectivity index (χ3v) is 4.31. The SMILES string of the molecule is C=C1C(=O)CCC2C1CCCC2(C)C. The summed E-state index contributed by atoms with van der Waals surface area (Å²) < 4.78 is 0. The van der Waals surface area contributed by atoms with Crippen molar-refractivity contribution in [3.63, 3.8) is 0 Å². The molecule has 0 aromatic heterocycles. The van der Waals surface area contributed by atoms with Crippen molar-refractivity contribution in [1.29, 1.82) is 0 Å². The van der Waals surface area contributed by atoms with Crippen LogP contribution in [0.3, 0.4) is 0 Å². The molecule has 0 bridgehead atoms. The second kappa shape index (κ2) is 3.22. The van der Waals surface area contributed by atoms with Crippen molar-refractivity contribution in [2.75, 3.05) is 0 Å². The molecule has 0 heterocycles. The van der Waals surface area contributed by atoms with Crippen LogP contribution >= 0.6 is 0 Å². The highest BCUT2D eigenvalue weighted by Gasteiger charge is 2.43. The molecular formula is C13H20O. The van der Waals surface area contributed by atoms with Crippen molar-refractivity contribution >= 4 is 5.78 Å². The van der Waals surface area contributed by atoms with Gasteiger partial charge in [-0.2, -0.15) is 0 Å². The molecule has 2 aliphatic carbocycles. The van der Waals surface area contributed by atoms with Crippen molar-refractivity contribution < 1.29 is 4.79 Å². The summed E-state index contributed by atoms with van der Waals surface area (Å²) in [6.45, 7) is 8.70. The molecule has 1 nitrogen and oxygen atoms in total. The zero-order valence-corrected chi connectivity index (χ0v) is 9.31. The van der Waals surface area contributed by atoms with E-state index in [1.165, 1.54) is 19.3 Å². The molecule has 0 aromatic carbocycles. The van der Waals surface area contributed by atoms with Gasteiger partial charge in [-0.1, -0.05) is 26.8 Å². The Hall–Kier alpha value is -0.590. The van der Waals surface area contributed by atoms with Crippen LogP contribution in [-0.2, 0) is 4.79 Å². The van der Waals surface area contributed by atoms with Gasteiger partial charge in [0.2, 0.25) is 0 Å². The Bertz CT molecular complexity index is 275. The van der Waals surface area contributed by atoms with E-state index in [0.717, 1.165) is 18.4 Å². The highest BCUT2D eigenvalue weighted by Crippen LogP contribution is 2.50. The Kier molecular flexibility index (Phi) is 2.29. The van der Waals surface area contributed by atoms with Crippen molar-refractivity contribution in [1.82, 2.24) is 0 Å². The number of allylic oxidation sites excluding steroid dienone is 1. The van der Waals surface area contributed by atoms with Crippen LogP contribution in [0.25, 0.3) is 0 Å². The third-order valence-electron chi connectivity index (χ3n) is 4.31. The fourth-order valence-corrected chi connectivity index (χ4v) is 3.37. The lowest BCUT2D eigenvalue weighted by molar-refractivity contribution is -0.119. The fraction of sp³-hybridized carbons (Fsp3) is 0.769. The molecule has 2 atom stereocenters. The topological polar surface area (TPSA) is 17.1 Å². The van der Waals surface area contributed by atoms with Crippen LogP contribution in [-0.4, -0.2) is 5.78 Å². The molecule has 2 saturated carbocycles. The number of rotatable bonds is 0. The van der Waals surface area contributed by atoms with Gasteiger partial charge in [0.05, 0.1) is 0 Å². The Morgan fingerprint density at radius 1 is 1.36 bits per heavy atom. The summed E-state index contributed by atoms with van der Waals surface area (Å²) in [4.78, 5) is 11.6. The maximum absolute atomic E-state index is 11.6. The summed E-state index contributed by atoms with van der Waals surface area (Å²) >= 11 is 0. The maximum atomic E-state index is 11.6. The van der Waals surface area contributed by atoms with Crippen LogP contribution in [0, 0.1) is 17.3 Å². The molecule has 0 aromatic rings. The second-order valence-electron chi connectivity index (χ2n) is 5.58. The van der Waals surface area contributed by atoms with Crippen LogP contribution in [0.4, 0.5) is 0 Å². The van der Waals surface area contributed by atoms with Crippen molar-refractivity contribution in [2.24, 2.45) is 17.3 Å².